The number of hydrogen-bond acceptors (Lipinski definition) is 4. The largest absolute Gasteiger partial charge is 0.292 e. The molecule has 0 radical (unpaired) electrons. The first kappa shape index (κ1) is 17.6. The van der Waals surface area contributed by atoms with E-state index in [0.717, 1.165) is 14.9 Å². The quantitative estimate of drug-likeness (QED) is 0.461. The van der Waals surface area contributed by atoms with E-state index in [9.17, 15) is 9.59 Å². The van der Waals surface area contributed by atoms with E-state index < -0.39 is 0 Å². The number of halogens is 1. The molecule has 2 aromatic carbocycles. The van der Waals surface area contributed by atoms with Crippen LogP contribution in [0.4, 0.5) is 0 Å². The SMILES string of the molecule is CSc1ccc(-c2ccc(=O)n(CC(=O)c3ccc(Br)cc3)n2)cc1. The third-order valence-corrected chi connectivity index (χ3v) is 4.98. The van der Waals surface area contributed by atoms with Crippen molar-refractivity contribution >= 4 is 33.5 Å². The number of ketones is 1. The van der Waals surface area contributed by atoms with Gasteiger partial charge in [-0.1, -0.05) is 40.2 Å². The van der Waals surface area contributed by atoms with Gasteiger partial charge in [0.05, 0.1) is 5.69 Å². The minimum atomic E-state index is -0.296. The van der Waals surface area contributed by atoms with Gasteiger partial charge >= 0.3 is 0 Å². The molecule has 0 aliphatic carbocycles. The number of carbonyl (C=O) groups is 1. The van der Waals surface area contributed by atoms with Crippen LogP contribution in [0, 0.1) is 0 Å². The molecule has 3 rings (SSSR count). The van der Waals surface area contributed by atoms with Gasteiger partial charge in [-0.3, -0.25) is 9.59 Å². The molecule has 0 aliphatic rings. The van der Waals surface area contributed by atoms with Crippen molar-refractivity contribution < 1.29 is 4.79 Å². The molecule has 6 heteroatoms. The Kier molecular flexibility index (Phi) is 5.50. The summed E-state index contributed by atoms with van der Waals surface area (Å²) in [4.78, 5) is 25.6. The number of aromatic nitrogens is 2. The van der Waals surface area contributed by atoms with Gasteiger partial charge in [-0.2, -0.15) is 5.10 Å². The summed E-state index contributed by atoms with van der Waals surface area (Å²) in [6, 6.07) is 18.1. The topological polar surface area (TPSA) is 52.0 Å². The number of nitrogens with zero attached hydrogens (tertiary/aromatic N) is 2. The summed E-state index contributed by atoms with van der Waals surface area (Å²) in [6.07, 6.45) is 2.02. The Bertz CT molecular complexity index is 950. The molecule has 0 aliphatic heterocycles. The van der Waals surface area contributed by atoms with Crippen LogP contribution in [0.5, 0.6) is 0 Å². The van der Waals surface area contributed by atoms with Crippen LogP contribution in [0.2, 0.25) is 0 Å². The standard InChI is InChI=1S/C19H15BrN2O2S/c1-25-16-8-4-13(5-9-16)17-10-11-19(24)22(21-17)12-18(23)14-2-6-15(20)7-3-14/h2-11H,12H2,1H3. The second kappa shape index (κ2) is 7.80. The van der Waals surface area contributed by atoms with Crippen molar-refractivity contribution in [2.24, 2.45) is 0 Å². The number of Topliss-reactive ketones (excluding diaryl/α,β-unsaturated/α-hetero) is 1. The normalized spacial score (nSPS) is 10.6. The lowest BCUT2D eigenvalue weighted by molar-refractivity contribution is 0.0966. The molecular weight excluding hydrogens is 400 g/mol. The van der Waals surface area contributed by atoms with Gasteiger partial charge in [-0.25, -0.2) is 4.68 Å². The fraction of sp³-hybridized carbons (Fsp3) is 0.105. The fourth-order valence-corrected chi connectivity index (χ4v) is 3.01. The zero-order valence-corrected chi connectivity index (χ0v) is 15.9. The van der Waals surface area contributed by atoms with E-state index in [4.69, 9.17) is 0 Å². The van der Waals surface area contributed by atoms with Crippen LogP contribution in [0.25, 0.3) is 11.3 Å². The molecule has 3 aromatic rings. The van der Waals surface area contributed by atoms with Crippen LogP contribution in [0.3, 0.4) is 0 Å². The highest BCUT2D eigenvalue weighted by atomic mass is 79.9. The average molecular weight is 415 g/mol. The molecule has 1 aromatic heterocycles. The highest BCUT2D eigenvalue weighted by molar-refractivity contribution is 9.10. The summed E-state index contributed by atoms with van der Waals surface area (Å²) in [5.41, 5.74) is 1.82. The first-order chi connectivity index (χ1) is 12.1. The van der Waals surface area contributed by atoms with E-state index in [1.54, 1.807) is 42.1 Å². The minimum Gasteiger partial charge on any atom is -0.292 e. The molecule has 0 bridgehead atoms. The first-order valence-electron chi connectivity index (χ1n) is 7.58. The van der Waals surface area contributed by atoms with Crippen molar-refractivity contribution in [3.8, 4) is 11.3 Å². The molecule has 0 atom stereocenters. The van der Waals surface area contributed by atoms with Crippen molar-refractivity contribution in [2.45, 2.75) is 11.4 Å². The Labute approximate surface area is 158 Å². The maximum atomic E-state index is 12.4. The third-order valence-electron chi connectivity index (χ3n) is 3.71. The summed E-state index contributed by atoms with van der Waals surface area (Å²) in [5.74, 6) is -0.156. The van der Waals surface area contributed by atoms with Crippen LogP contribution in [-0.2, 0) is 6.54 Å². The molecule has 0 unspecified atom stereocenters. The lowest BCUT2D eigenvalue weighted by Crippen LogP contribution is -2.26. The van der Waals surface area contributed by atoms with Crippen LogP contribution < -0.4 is 5.56 Å². The highest BCUT2D eigenvalue weighted by Crippen LogP contribution is 2.20. The van der Waals surface area contributed by atoms with Crippen molar-refractivity contribution in [2.75, 3.05) is 6.26 Å². The van der Waals surface area contributed by atoms with Gasteiger partial charge in [-0.15, -0.1) is 11.8 Å². The third kappa shape index (κ3) is 4.27. The lowest BCUT2D eigenvalue weighted by atomic mass is 10.1. The predicted molar refractivity (Wildman–Crippen MR) is 104 cm³/mol. The number of hydrogen-bond donors (Lipinski definition) is 0. The molecule has 1 heterocycles. The predicted octanol–water partition coefficient (Wildman–Crippen LogP) is 4.28. The summed E-state index contributed by atoms with van der Waals surface area (Å²) in [7, 11) is 0. The molecule has 0 saturated carbocycles. The second-order valence-electron chi connectivity index (χ2n) is 5.37. The van der Waals surface area contributed by atoms with Gasteiger partial charge in [0.2, 0.25) is 0 Å². The van der Waals surface area contributed by atoms with E-state index in [1.165, 1.54) is 10.7 Å². The Balaban J connectivity index is 1.87. The Morgan fingerprint density at radius 3 is 2.36 bits per heavy atom. The van der Waals surface area contributed by atoms with Crippen molar-refractivity contribution in [3.05, 3.63) is 81.1 Å². The van der Waals surface area contributed by atoms with Gasteiger partial charge in [0, 0.05) is 26.6 Å². The summed E-state index contributed by atoms with van der Waals surface area (Å²) in [5, 5.41) is 4.35. The van der Waals surface area contributed by atoms with Gasteiger partial charge in [0.1, 0.15) is 6.54 Å². The lowest BCUT2D eigenvalue weighted by Gasteiger charge is -2.07. The number of carbonyl (C=O) groups excluding carboxylic acids is 1. The fourth-order valence-electron chi connectivity index (χ4n) is 2.34. The highest BCUT2D eigenvalue weighted by Gasteiger charge is 2.10. The Hall–Kier alpha value is -2.18. The van der Waals surface area contributed by atoms with E-state index in [0.29, 0.717) is 11.3 Å². The molecule has 0 spiro atoms. The maximum Gasteiger partial charge on any atom is 0.267 e. The molecule has 126 valence electrons. The molecular formula is C19H15BrN2O2S. The zero-order valence-electron chi connectivity index (χ0n) is 13.5. The van der Waals surface area contributed by atoms with Crippen LogP contribution in [-0.4, -0.2) is 21.8 Å². The zero-order chi connectivity index (χ0) is 17.8. The molecule has 0 fully saturated rings. The van der Waals surface area contributed by atoms with E-state index in [2.05, 4.69) is 21.0 Å². The smallest absolute Gasteiger partial charge is 0.267 e. The maximum absolute atomic E-state index is 12.4. The van der Waals surface area contributed by atoms with Gasteiger partial charge in [0.15, 0.2) is 5.78 Å². The number of benzene rings is 2. The Morgan fingerprint density at radius 2 is 1.72 bits per heavy atom. The average Bonchev–Trinajstić information content (AvgIpc) is 2.64. The summed E-state index contributed by atoms with van der Waals surface area (Å²) in [6.45, 7) is -0.0861. The summed E-state index contributed by atoms with van der Waals surface area (Å²) >= 11 is 5.00. The number of rotatable bonds is 5. The molecule has 25 heavy (non-hydrogen) atoms. The van der Waals surface area contributed by atoms with E-state index in [1.807, 2.05) is 30.5 Å². The monoisotopic (exact) mass is 414 g/mol. The van der Waals surface area contributed by atoms with Crippen molar-refractivity contribution in [3.63, 3.8) is 0 Å². The van der Waals surface area contributed by atoms with Crippen molar-refractivity contribution in [1.29, 1.82) is 0 Å². The van der Waals surface area contributed by atoms with Crippen LogP contribution >= 0.6 is 27.7 Å². The Morgan fingerprint density at radius 1 is 1.04 bits per heavy atom. The molecule has 0 saturated heterocycles. The second-order valence-corrected chi connectivity index (χ2v) is 7.17. The molecule has 4 nitrogen and oxygen atoms in total. The van der Waals surface area contributed by atoms with Gasteiger partial charge in [-0.05, 0) is 36.6 Å². The molecule has 0 N–H and O–H groups in total. The minimum absolute atomic E-state index is 0.0861. The summed E-state index contributed by atoms with van der Waals surface area (Å²) < 4.78 is 2.11. The van der Waals surface area contributed by atoms with Gasteiger partial charge < -0.3 is 0 Å². The first-order valence-corrected chi connectivity index (χ1v) is 9.60. The van der Waals surface area contributed by atoms with Gasteiger partial charge in [0.25, 0.3) is 5.56 Å². The number of thioether (sulfide) groups is 1. The van der Waals surface area contributed by atoms with E-state index >= 15 is 0 Å². The van der Waals surface area contributed by atoms with Crippen LogP contribution in [0.15, 0.2) is 74.8 Å². The van der Waals surface area contributed by atoms with Crippen molar-refractivity contribution in [1.82, 2.24) is 9.78 Å². The molecule has 0 amide bonds. The van der Waals surface area contributed by atoms with Crippen LogP contribution in [0.1, 0.15) is 10.4 Å². The van der Waals surface area contributed by atoms with E-state index in [-0.39, 0.29) is 17.9 Å².